The second-order valence-corrected chi connectivity index (χ2v) is 3.98. The molecule has 88 valence electrons. The molecule has 17 heavy (non-hydrogen) atoms. The summed E-state index contributed by atoms with van der Waals surface area (Å²) in [5.74, 6) is -0.380. The smallest absolute Gasteiger partial charge is 0.325 e. The van der Waals surface area contributed by atoms with Crippen molar-refractivity contribution in [3.63, 3.8) is 0 Å². The molecule has 0 saturated carbocycles. The van der Waals surface area contributed by atoms with Crippen molar-refractivity contribution in [3.05, 3.63) is 45.7 Å². The minimum absolute atomic E-state index is 0.0492. The van der Waals surface area contributed by atoms with E-state index in [0.717, 1.165) is 0 Å². The summed E-state index contributed by atoms with van der Waals surface area (Å²) >= 11 is 5.88. The zero-order valence-electron chi connectivity index (χ0n) is 9.14. The van der Waals surface area contributed by atoms with E-state index >= 15 is 0 Å². The number of nitrogens with zero attached hydrogens (tertiary/aromatic N) is 1. The van der Waals surface area contributed by atoms with E-state index < -0.39 is 0 Å². The first kappa shape index (κ1) is 11.7. The Balaban J connectivity index is 2.64. The lowest BCUT2D eigenvalue weighted by Gasteiger charge is -2.09. The van der Waals surface area contributed by atoms with Crippen LogP contribution in [0.3, 0.4) is 0 Å². The number of carbonyl (C=O) groups is 1. The van der Waals surface area contributed by atoms with Crippen LogP contribution in [0, 0.1) is 0 Å². The second kappa shape index (κ2) is 4.59. The number of aromatic nitrogens is 1. The predicted octanol–water partition coefficient (Wildman–Crippen LogP) is 1.83. The maximum atomic E-state index is 11.6. The zero-order chi connectivity index (χ0) is 12.4. The number of benzene rings is 1. The SMILES string of the molecule is COC(=O)Cn1ccc(=O)c2ccc(Cl)cc21. The monoisotopic (exact) mass is 251 g/mol. The van der Waals surface area contributed by atoms with E-state index in [4.69, 9.17) is 11.6 Å². The first-order chi connectivity index (χ1) is 8.11. The van der Waals surface area contributed by atoms with Gasteiger partial charge in [0.05, 0.1) is 12.6 Å². The molecule has 4 nitrogen and oxygen atoms in total. The summed E-state index contributed by atoms with van der Waals surface area (Å²) in [6.45, 7) is 0.0492. The maximum absolute atomic E-state index is 11.6. The standard InChI is InChI=1S/C12H10ClNO3/c1-17-12(16)7-14-5-4-11(15)9-3-2-8(13)6-10(9)14/h2-6H,7H2,1H3. The highest BCUT2D eigenvalue weighted by Crippen LogP contribution is 2.16. The van der Waals surface area contributed by atoms with Crippen molar-refractivity contribution in [2.45, 2.75) is 6.54 Å². The summed E-state index contributed by atoms with van der Waals surface area (Å²) in [5, 5.41) is 1.04. The van der Waals surface area contributed by atoms with Gasteiger partial charge in [-0.1, -0.05) is 11.6 Å². The number of rotatable bonds is 2. The quantitative estimate of drug-likeness (QED) is 0.765. The van der Waals surface area contributed by atoms with Crippen molar-refractivity contribution in [1.29, 1.82) is 0 Å². The normalized spacial score (nSPS) is 10.5. The third kappa shape index (κ3) is 2.31. The minimum atomic E-state index is -0.380. The number of fused-ring (bicyclic) bond motifs is 1. The molecule has 0 amide bonds. The molecule has 0 spiro atoms. The van der Waals surface area contributed by atoms with Crippen molar-refractivity contribution in [1.82, 2.24) is 4.57 Å². The lowest BCUT2D eigenvalue weighted by Crippen LogP contribution is -2.15. The van der Waals surface area contributed by atoms with Gasteiger partial charge in [-0.25, -0.2) is 0 Å². The molecular weight excluding hydrogens is 242 g/mol. The highest BCUT2D eigenvalue weighted by Gasteiger charge is 2.07. The molecule has 0 unspecified atom stereocenters. The summed E-state index contributed by atoms with van der Waals surface area (Å²) in [6.07, 6.45) is 1.55. The molecule has 0 bridgehead atoms. The van der Waals surface area contributed by atoms with Crippen LogP contribution >= 0.6 is 11.6 Å². The van der Waals surface area contributed by atoms with Gasteiger partial charge in [0.25, 0.3) is 0 Å². The summed E-state index contributed by atoms with van der Waals surface area (Å²) < 4.78 is 6.23. The molecule has 5 heteroatoms. The van der Waals surface area contributed by atoms with Gasteiger partial charge >= 0.3 is 5.97 Å². The second-order valence-electron chi connectivity index (χ2n) is 3.55. The molecule has 0 saturated heterocycles. The van der Waals surface area contributed by atoms with Gasteiger partial charge < -0.3 is 9.30 Å². The van der Waals surface area contributed by atoms with E-state index in [0.29, 0.717) is 15.9 Å². The van der Waals surface area contributed by atoms with E-state index in [9.17, 15) is 9.59 Å². The van der Waals surface area contributed by atoms with E-state index in [2.05, 4.69) is 4.74 Å². The van der Waals surface area contributed by atoms with Gasteiger partial charge in [-0.2, -0.15) is 0 Å². The third-order valence-corrected chi connectivity index (χ3v) is 2.70. The van der Waals surface area contributed by atoms with Crippen molar-refractivity contribution < 1.29 is 9.53 Å². The molecule has 2 aromatic rings. The number of carbonyl (C=O) groups excluding carboxylic acids is 1. The first-order valence-corrected chi connectivity index (χ1v) is 5.35. The molecule has 0 radical (unpaired) electrons. The lowest BCUT2D eigenvalue weighted by molar-refractivity contribution is -0.141. The van der Waals surface area contributed by atoms with Crippen LogP contribution in [0.15, 0.2) is 35.3 Å². The fraction of sp³-hybridized carbons (Fsp3) is 0.167. The Morgan fingerprint density at radius 1 is 1.41 bits per heavy atom. The summed E-state index contributed by atoms with van der Waals surface area (Å²) in [4.78, 5) is 22.9. The topological polar surface area (TPSA) is 48.3 Å². The van der Waals surface area contributed by atoms with Crippen LogP contribution in [0.1, 0.15) is 0 Å². The van der Waals surface area contributed by atoms with Crippen molar-refractivity contribution in [2.75, 3.05) is 7.11 Å². The molecule has 0 aliphatic rings. The molecule has 1 aromatic heterocycles. The average molecular weight is 252 g/mol. The van der Waals surface area contributed by atoms with Gasteiger partial charge in [0, 0.05) is 22.7 Å². The van der Waals surface area contributed by atoms with Crippen molar-refractivity contribution >= 4 is 28.5 Å². The molecule has 0 aliphatic carbocycles. The summed E-state index contributed by atoms with van der Waals surface area (Å²) in [6, 6.07) is 6.36. The summed E-state index contributed by atoms with van der Waals surface area (Å²) in [7, 11) is 1.32. The largest absolute Gasteiger partial charge is 0.468 e. The molecule has 0 N–H and O–H groups in total. The Morgan fingerprint density at radius 3 is 2.88 bits per heavy atom. The molecular formula is C12H10ClNO3. The first-order valence-electron chi connectivity index (χ1n) is 4.97. The Bertz CT molecular complexity index is 633. The number of hydrogen-bond acceptors (Lipinski definition) is 3. The van der Waals surface area contributed by atoms with Crippen LogP contribution in [0.2, 0.25) is 5.02 Å². The lowest BCUT2D eigenvalue weighted by atomic mass is 10.2. The van der Waals surface area contributed by atoms with Gasteiger partial charge in [0.15, 0.2) is 5.43 Å². The van der Waals surface area contributed by atoms with Crippen LogP contribution in [0.4, 0.5) is 0 Å². The summed E-state index contributed by atoms with van der Waals surface area (Å²) in [5.41, 5.74) is 0.521. The number of esters is 1. The number of ether oxygens (including phenoxy) is 1. The highest BCUT2D eigenvalue weighted by molar-refractivity contribution is 6.31. The van der Waals surface area contributed by atoms with Gasteiger partial charge in [-0.05, 0) is 18.2 Å². The maximum Gasteiger partial charge on any atom is 0.325 e. The zero-order valence-corrected chi connectivity index (χ0v) is 9.90. The van der Waals surface area contributed by atoms with E-state index in [1.165, 1.54) is 13.2 Å². The van der Waals surface area contributed by atoms with Crippen molar-refractivity contribution in [3.8, 4) is 0 Å². The molecule has 0 fully saturated rings. The van der Waals surface area contributed by atoms with Crippen LogP contribution in [-0.2, 0) is 16.1 Å². The van der Waals surface area contributed by atoms with Crippen molar-refractivity contribution in [2.24, 2.45) is 0 Å². The van der Waals surface area contributed by atoms with Crippen LogP contribution in [-0.4, -0.2) is 17.6 Å². The van der Waals surface area contributed by atoms with Crippen LogP contribution in [0.5, 0.6) is 0 Å². The third-order valence-electron chi connectivity index (χ3n) is 2.47. The number of hydrogen-bond donors (Lipinski definition) is 0. The number of pyridine rings is 1. The molecule has 1 heterocycles. The van der Waals surface area contributed by atoms with E-state index in [1.807, 2.05) is 0 Å². The highest BCUT2D eigenvalue weighted by atomic mass is 35.5. The molecule has 2 rings (SSSR count). The molecule has 0 atom stereocenters. The Hall–Kier alpha value is -1.81. The predicted molar refractivity (Wildman–Crippen MR) is 65.2 cm³/mol. The average Bonchev–Trinajstić information content (AvgIpc) is 2.32. The molecule has 0 aliphatic heterocycles. The molecule has 1 aromatic carbocycles. The number of methoxy groups -OCH3 is 1. The van der Waals surface area contributed by atoms with Gasteiger partial charge in [0.1, 0.15) is 6.54 Å². The Labute approximate surface area is 102 Å². The van der Waals surface area contributed by atoms with E-state index in [-0.39, 0.29) is 17.9 Å². The van der Waals surface area contributed by atoms with Gasteiger partial charge in [-0.15, -0.1) is 0 Å². The van der Waals surface area contributed by atoms with Crippen LogP contribution < -0.4 is 5.43 Å². The Kier molecular flexibility index (Phi) is 3.15. The fourth-order valence-electron chi connectivity index (χ4n) is 1.62. The number of halogens is 1. The fourth-order valence-corrected chi connectivity index (χ4v) is 1.79. The minimum Gasteiger partial charge on any atom is -0.468 e. The van der Waals surface area contributed by atoms with Gasteiger partial charge in [0.2, 0.25) is 0 Å². The van der Waals surface area contributed by atoms with Gasteiger partial charge in [-0.3, -0.25) is 9.59 Å². The van der Waals surface area contributed by atoms with Crippen LogP contribution in [0.25, 0.3) is 10.9 Å². The van der Waals surface area contributed by atoms with E-state index in [1.54, 1.807) is 29.0 Å². The Morgan fingerprint density at radius 2 is 2.18 bits per heavy atom.